The van der Waals surface area contributed by atoms with Gasteiger partial charge in [-0.25, -0.2) is 0 Å². The highest BCUT2D eigenvalue weighted by Gasteiger charge is 2.52. The van der Waals surface area contributed by atoms with Gasteiger partial charge >= 0.3 is 5.97 Å². The highest BCUT2D eigenvalue weighted by molar-refractivity contribution is 5.78. The molecule has 9 heteroatoms. The molecule has 2 aromatic rings. The van der Waals surface area contributed by atoms with Crippen molar-refractivity contribution >= 4 is 5.97 Å². The molecule has 0 bridgehead atoms. The first-order valence-corrected chi connectivity index (χ1v) is 10.8. The first-order chi connectivity index (χ1) is 16.0. The Bertz CT molecular complexity index is 1060. The Labute approximate surface area is 190 Å². The first-order valence-electron chi connectivity index (χ1n) is 10.8. The van der Waals surface area contributed by atoms with E-state index in [2.05, 4.69) is 0 Å². The van der Waals surface area contributed by atoms with Crippen molar-refractivity contribution in [2.45, 2.75) is 24.4 Å². The second kappa shape index (κ2) is 8.31. The lowest BCUT2D eigenvalue weighted by atomic mass is 9.61. The molecule has 2 aliphatic heterocycles. The van der Waals surface area contributed by atoms with Crippen LogP contribution in [0.15, 0.2) is 24.3 Å². The number of hydrogen-bond acceptors (Lipinski definition) is 9. The Morgan fingerprint density at radius 3 is 2.27 bits per heavy atom. The molecule has 3 aliphatic rings. The Hall–Kier alpha value is -3.17. The highest BCUT2D eigenvalue weighted by Crippen LogP contribution is 2.57. The number of fused-ring (bicyclic) bond motifs is 3. The number of aromatic hydroxyl groups is 1. The average Bonchev–Trinajstić information content (AvgIpc) is 3.44. The van der Waals surface area contributed by atoms with Gasteiger partial charge in [-0.2, -0.15) is 0 Å². The molecule has 2 aromatic carbocycles. The molecule has 1 fully saturated rings. The summed E-state index contributed by atoms with van der Waals surface area (Å²) in [6, 6.07) is 7.24. The maximum absolute atomic E-state index is 12.9. The lowest BCUT2D eigenvalue weighted by Gasteiger charge is -2.40. The predicted molar refractivity (Wildman–Crippen MR) is 114 cm³/mol. The van der Waals surface area contributed by atoms with E-state index in [0.717, 1.165) is 16.7 Å². The smallest absolute Gasteiger partial charge is 0.310 e. The average molecular weight is 458 g/mol. The number of methoxy groups -OCH3 is 2. The largest absolute Gasteiger partial charge is 0.502 e. The number of carbonyl (C=O) groups is 1. The number of aliphatic hydroxyl groups excluding tert-OH is 2. The lowest BCUT2D eigenvalue weighted by Crippen LogP contribution is -2.36. The molecule has 1 aliphatic carbocycles. The van der Waals surface area contributed by atoms with E-state index in [0.29, 0.717) is 11.5 Å². The van der Waals surface area contributed by atoms with Crippen LogP contribution in [0.4, 0.5) is 0 Å². The van der Waals surface area contributed by atoms with Crippen LogP contribution in [-0.4, -0.2) is 61.6 Å². The Kier molecular flexibility index (Phi) is 5.46. The number of aliphatic hydroxyl groups is 2. The summed E-state index contributed by atoms with van der Waals surface area (Å²) in [4.78, 5) is 12.9. The maximum Gasteiger partial charge on any atom is 0.310 e. The van der Waals surface area contributed by atoms with Crippen LogP contribution >= 0.6 is 0 Å². The van der Waals surface area contributed by atoms with Gasteiger partial charge in [0.25, 0.3) is 0 Å². The molecular formula is C24H26O9. The molecule has 0 radical (unpaired) electrons. The van der Waals surface area contributed by atoms with Crippen molar-refractivity contribution in [2.24, 2.45) is 11.8 Å². The molecule has 5 rings (SSSR count). The molecule has 0 aromatic heterocycles. The number of phenolic OH excluding ortho intramolecular Hbond substituents is 1. The Morgan fingerprint density at radius 2 is 1.67 bits per heavy atom. The highest BCUT2D eigenvalue weighted by atomic mass is 16.7. The van der Waals surface area contributed by atoms with Crippen LogP contribution in [0.2, 0.25) is 0 Å². The molecule has 2 heterocycles. The van der Waals surface area contributed by atoms with Gasteiger partial charge in [-0.3, -0.25) is 4.79 Å². The van der Waals surface area contributed by atoms with Crippen molar-refractivity contribution in [2.75, 3.05) is 34.2 Å². The van der Waals surface area contributed by atoms with Gasteiger partial charge in [-0.1, -0.05) is 0 Å². The summed E-state index contributed by atoms with van der Waals surface area (Å²) < 4.78 is 27.5. The SMILES string of the molecule is COc1cc([C@@H]2c3cc4c(cc3[C@H](CC(O)CO)[C@H]3C(=O)OC[C@@H]23)OCO4)cc(OC)c1O. The summed E-state index contributed by atoms with van der Waals surface area (Å²) in [6.45, 7) is -0.0968. The zero-order valence-corrected chi connectivity index (χ0v) is 18.3. The molecule has 0 saturated carbocycles. The van der Waals surface area contributed by atoms with Gasteiger partial charge in [0.1, 0.15) is 0 Å². The fourth-order valence-electron chi connectivity index (χ4n) is 5.47. The maximum atomic E-state index is 12.9. The van der Waals surface area contributed by atoms with Gasteiger partial charge in [0.05, 0.1) is 39.5 Å². The topological polar surface area (TPSA) is 124 Å². The molecule has 33 heavy (non-hydrogen) atoms. The third kappa shape index (κ3) is 3.43. The third-order valence-electron chi connectivity index (χ3n) is 6.92. The first kappa shape index (κ1) is 21.7. The van der Waals surface area contributed by atoms with Gasteiger partial charge < -0.3 is 39.0 Å². The zero-order chi connectivity index (χ0) is 23.3. The van der Waals surface area contributed by atoms with Gasteiger partial charge in [-0.05, 0) is 47.4 Å². The quantitative estimate of drug-likeness (QED) is 0.557. The normalized spacial score (nSPS) is 25.8. The van der Waals surface area contributed by atoms with Crippen molar-refractivity contribution in [3.05, 3.63) is 41.0 Å². The monoisotopic (exact) mass is 458 g/mol. The fourth-order valence-corrected chi connectivity index (χ4v) is 5.47. The predicted octanol–water partition coefficient (Wildman–Crippen LogP) is 1.90. The van der Waals surface area contributed by atoms with Crippen LogP contribution in [-0.2, 0) is 9.53 Å². The van der Waals surface area contributed by atoms with Gasteiger partial charge in [0, 0.05) is 17.8 Å². The lowest BCUT2D eigenvalue weighted by molar-refractivity contribution is -0.142. The molecule has 0 amide bonds. The van der Waals surface area contributed by atoms with Gasteiger partial charge in [0.15, 0.2) is 23.0 Å². The van der Waals surface area contributed by atoms with Crippen LogP contribution in [0.25, 0.3) is 0 Å². The molecular weight excluding hydrogens is 432 g/mol. The summed E-state index contributed by atoms with van der Waals surface area (Å²) in [7, 11) is 2.92. The molecule has 5 atom stereocenters. The van der Waals surface area contributed by atoms with E-state index in [9.17, 15) is 20.1 Å². The van der Waals surface area contributed by atoms with Crippen molar-refractivity contribution in [3.63, 3.8) is 0 Å². The van der Waals surface area contributed by atoms with E-state index >= 15 is 0 Å². The number of phenols is 1. The number of carbonyl (C=O) groups excluding carboxylic acids is 1. The van der Waals surface area contributed by atoms with Gasteiger partial charge in [0.2, 0.25) is 12.5 Å². The van der Waals surface area contributed by atoms with E-state index in [-0.39, 0.29) is 60.8 Å². The van der Waals surface area contributed by atoms with Crippen LogP contribution in [0.5, 0.6) is 28.7 Å². The van der Waals surface area contributed by atoms with E-state index in [4.69, 9.17) is 23.7 Å². The second-order valence-corrected chi connectivity index (χ2v) is 8.58. The van der Waals surface area contributed by atoms with E-state index in [1.54, 1.807) is 12.1 Å². The van der Waals surface area contributed by atoms with Crippen molar-refractivity contribution < 1.29 is 43.8 Å². The number of rotatable bonds is 6. The van der Waals surface area contributed by atoms with Crippen molar-refractivity contribution in [1.82, 2.24) is 0 Å². The molecule has 1 unspecified atom stereocenters. The fraction of sp³-hybridized carbons (Fsp3) is 0.458. The summed E-state index contributed by atoms with van der Waals surface area (Å²) >= 11 is 0. The van der Waals surface area contributed by atoms with Crippen LogP contribution in [0.3, 0.4) is 0 Å². The van der Waals surface area contributed by atoms with E-state index in [1.165, 1.54) is 14.2 Å². The third-order valence-corrected chi connectivity index (χ3v) is 6.92. The minimum atomic E-state index is -0.979. The summed E-state index contributed by atoms with van der Waals surface area (Å²) in [5, 5.41) is 30.2. The summed E-state index contributed by atoms with van der Waals surface area (Å²) in [5.74, 6) is -0.174. The van der Waals surface area contributed by atoms with Crippen molar-refractivity contribution in [1.29, 1.82) is 0 Å². The number of esters is 1. The Morgan fingerprint density at radius 1 is 1.03 bits per heavy atom. The molecule has 1 saturated heterocycles. The molecule has 176 valence electrons. The number of benzene rings is 2. The van der Waals surface area contributed by atoms with Crippen LogP contribution < -0.4 is 18.9 Å². The van der Waals surface area contributed by atoms with E-state index < -0.39 is 18.6 Å². The number of cyclic esters (lactones) is 1. The van der Waals surface area contributed by atoms with Gasteiger partial charge in [-0.15, -0.1) is 0 Å². The van der Waals surface area contributed by atoms with Crippen LogP contribution in [0, 0.1) is 11.8 Å². The summed E-state index contributed by atoms with van der Waals surface area (Å²) in [5.41, 5.74) is 2.53. The van der Waals surface area contributed by atoms with Crippen molar-refractivity contribution in [3.8, 4) is 28.7 Å². The standard InChI is InChI=1S/C24H26O9/c1-29-19-3-11(4-20(30-2)23(19)27)21-15-7-18-17(32-10-33-18)6-13(15)14(5-12(26)8-25)22-16(21)9-31-24(22)28/h3-4,6-7,12,14,16,21-22,25-27H,5,8-10H2,1-2H3/t12?,14-,16-,21+,22+/m0/s1. The van der Waals surface area contributed by atoms with Crippen LogP contribution in [0.1, 0.15) is 34.9 Å². The second-order valence-electron chi connectivity index (χ2n) is 8.58. The number of hydrogen-bond donors (Lipinski definition) is 3. The minimum Gasteiger partial charge on any atom is -0.502 e. The van der Waals surface area contributed by atoms with E-state index in [1.807, 2.05) is 12.1 Å². The molecule has 3 N–H and O–H groups in total. The minimum absolute atomic E-state index is 0.0998. The number of ether oxygens (including phenoxy) is 5. The molecule has 0 spiro atoms. The summed E-state index contributed by atoms with van der Waals surface area (Å²) in [6.07, 6.45) is -0.776. The Balaban J connectivity index is 1.72. The molecule has 9 nitrogen and oxygen atoms in total. The zero-order valence-electron chi connectivity index (χ0n) is 18.3.